The Balaban J connectivity index is 1.74. The van der Waals surface area contributed by atoms with Crippen molar-refractivity contribution in [3.05, 3.63) is 41.9 Å². The van der Waals surface area contributed by atoms with Crippen molar-refractivity contribution in [3.63, 3.8) is 0 Å². The molecule has 0 bridgehead atoms. The maximum absolute atomic E-state index is 12.7. The Hall–Kier alpha value is -2.37. The number of aryl methyl sites for hydroxylation is 1. The van der Waals surface area contributed by atoms with Crippen molar-refractivity contribution in [1.29, 1.82) is 0 Å². The highest BCUT2D eigenvalue weighted by Gasteiger charge is 2.04. The van der Waals surface area contributed by atoms with Gasteiger partial charge in [0.1, 0.15) is 11.6 Å². The van der Waals surface area contributed by atoms with Gasteiger partial charge in [-0.25, -0.2) is 4.39 Å². The number of halogens is 1. The van der Waals surface area contributed by atoms with E-state index >= 15 is 0 Å². The van der Waals surface area contributed by atoms with Gasteiger partial charge in [-0.2, -0.15) is 0 Å². The van der Waals surface area contributed by atoms with Crippen molar-refractivity contribution in [2.45, 2.75) is 13.3 Å². The summed E-state index contributed by atoms with van der Waals surface area (Å²) in [7, 11) is 0. The first-order valence-electron chi connectivity index (χ1n) is 5.86. The molecule has 1 aromatic heterocycles. The summed E-state index contributed by atoms with van der Waals surface area (Å²) in [5, 5.41) is 9.38. The van der Waals surface area contributed by atoms with Gasteiger partial charge < -0.3 is 15.2 Å². The van der Waals surface area contributed by atoms with Gasteiger partial charge in [0.05, 0.1) is 0 Å². The topological polar surface area (TPSA) is 67.2 Å². The molecule has 0 radical (unpaired) electrons. The lowest BCUT2D eigenvalue weighted by atomic mass is 10.3. The molecule has 1 amide bonds. The number of aromatic nitrogens is 1. The maximum Gasteiger partial charge on any atom is 0.226 e. The number of carbonyl (C=O) groups excluding carboxylic acids is 1. The molecule has 0 aliphatic carbocycles. The minimum atomic E-state index is -0.332. The predicted molar refractivity (Wildman–Crippen MR) is 69.4 cm³/mol. The minimum absolute atomic E-state index is 0.153. The van der Waals surface area contributed by atoms with Crippen molar-refractivity contribution < 1.29 is 13.7 Å². The van der Waals surface area contributed by atoms with Crippen LogP contribution in [0.3, 0.4) is 0 Å². The second-order valence-corrected chi connectivity index (χ2v) is 4.05. The van der Waals surface area contributed by atoms with E-state index in [0.717, 1.165) is 0 Å². The third-order valence-corrected chi connectivity index (χ3v) is 2.41. The van der Waals surface area contributed by atoms with E-state index in [0.29, 0.717) is 23.8 Å². The van der Waals surface area contributed by atoms with Gasteiger partial charge in [-0.3, -0.25) is 4.79 Å². The lowest BCUT2D eigenvalue weighted by Gasteiger charge is -2.05. The van der Waals surface area contributed by atoms with E-state index in [1.54, 1.807) is 13.0 Å². The molecule has 0 atom stereocenters. The fourth-order valence-corrected chi connectivity index (χ4v) is 1.51. The summed E-state index contributed by atoms with van der Waals surface area (Å²) in [6, 6.07) is 7.37. The third-order valence-electron chi connectivity index (χ3n) is 2.41. The Morgan fingerprint density at radius 2 is 2.11 bits per heavy atom. The molecule has 0 fully saturated rings. The van der Waals surface area contributed by atoms with E-state index in [-0.39, 0.29) is 18.1 Å². The molecule has 6 heteroatoms. The zero-order valence-corrected chi connectivity index (χ0v) is 10.4. The number of rotatable bonds is 5. The monoisotopic (exact) mass is 263 g/mol. The van der Waals surface area contributed by atoms with Gasteiger partial charge in [-0.15, -0.1) is 0 Å². The molecule has 0 saturated heterocycles. The number of anilines is 2. The van der Waals surface area contributed by atoms with Gasteiger partial charge in [-0.05, 0) is 31.2 Å². The largest absolute Gasteiger partial charge is 0.367 e. The second kappa shape index (κ2) is 5.99. The first kappa shape index (κ1) is 13.1. The number of hydrogen-bond donors (Lipinski definition) is 2. The summed E-state index contributed by atoms with van der Waals surface area (Å²) in [6.07, 6.45) is 0.281. The van der Waals surface area contributed by atoms with Gasteiger partial charge in [0.15, 0.2) is 5.82 Å². The van der Waals surface area contributed by atoms with E-state index in [4.69, 9.17) is 4.52 Å². The lowest BCUT2D eigenvalue weighted by Crippen LogP contribution is -2.16. The highest BCUT2D eigenvalue weighted by atomic mass is 19.1. The summed E-state index contributed by atoms with van der Waals surface area (Å²) in [6.45, 7) is 2.23. The molecular weight excluding hydrogens is 249 g/mol. The zero-order valence-electron chi connectivity index (χ0n) is 10.4. The SMILES string of the molecule is Cc1cc(NCCC(=O)Nc2ccc(F)cc2)no1. The standard InChI is InChI=1S/C13H14FN3O2/c1-9-8-12(17-19-9)15-7-6-13(18)16-11-4-2-10(14)3-5-11/h2-5,8H,6-7H2,1H3,(H,15,17)(H,16,18). The van der Waals surface area contributed by atoms with Crippen molar-refractivity contribution in [3.8, 4) is 0 Å². The number of nitrogens with zero attached hydrogens (tertiary/aromatic N) is 1. The predicted octanol–water partition coefficient (Wildman–Crippen LogP) is 2.56. The molecule has 0 spiro atoms. The Kier molecular flexibility index (Phi) is 4.12. The van der Waals surface area contributed by atoms with E-state index in [1.165, 1.54) is 24.3 Å². The molecule has 5 nitrogen and oxygen atoms in total. The van der Waals surface area contributed by atoms with Crippen LogP contribution in [-0.2, 0) is 4.79 Å². The van der Waals surface area contributed by atoms with Crippen LogP contribution in [0.4, 0.5) is 15.9 Å². The van der Waals surface area contributed by atoms with Crippen LogP contribution in [0.5, 0.6) is 0 Å². The van der Waals surface area contributed by atoms with E-state index in [1.807, 2.05) is 0 Å². The molecule has 0 saturated carbocycles. The Labute approximate surface area is 109 Å². The van der Waals surface area contributed by atoms with Crippen molar-refractivity contribution >= 4 is 17.4 Å². The van der Waals surface area contributed by atoms with Crippen molar-refractivity contribution in [1.82, 2.24) is 5.16 Å². The molecule has 2 N–H and O–H groups in total. The highest BCUT2D eigenvalue weighted by molar-refractivity contribution is 5.90. The molecule has 0 aliphatic heterocycles. The number of nitrogens with one attached hydrogen (secondary N) is 2. The summed E-state index contributed by atoms with van der Waals surface area (Å²) in [5.41, 5.74) is 0.573. The van der Waals surface area contributed by atoms with Crippen LogP contribution in [-0.4, -0.2) is 17.6 Å². The summed E-state index contributed by atoms with van der Waals surface area (Å²) in [4.78, 5) is 11.6. The smallest absolute Gasteiger partial charge is 0.226 e. The van der Waals surface area contributed by atoms with Gasteiger partial charge >= 0.3 is 0 Å². The summed E-state index contributed by atoms with van der Waals surface area (Å²) < 4.78 is 17.6. The number of benzene rings is 1. The van der Waals surface area contributed by atoms with Crippen LogP contribution in [0.25, 0.3) is 0 Å². The first-order chi connectivity index (χ1) is 9.13. The lowest BCUT2D eigenvalue weighted by molar-refractivity contribution is -0.115. The van der Waals surface area contributed by atoms with Crippen molar-refractivity contribution in [2.24, 2.45) is 0 Å². The average Bonchev–Trinajstić information content (AvgIpc) is 2.78. The van der Waals surface area contributed by atoms with Crippen LogP contribution in [0.1, 0.15) is 12.2 Å². The molecule has 2 rings (SSSR count). The maximum atomic E-state index is 12.7. The fourth-order valence-electron chi connectivity index (χ4n) is 1.51. The van der Waals surface area contributed by atoms with Crippen LogP contribution < -0.4 is 10.6 Å². The first-order valence-corrected chi connectivity index (χ1v) is 5.86. The Morgan fingerprint density at radius 3 is 2.74 bits per heavy atom. The summed E-state index contributed by atoms with van der Waals surface area (Å²) in [5.74, 6) is 0.825. The fraction of sp³-hybridized carbons (Fsp3) is 0.231. The Morgan fingerprint density at radius 1 is 1.37 bits per heavy atom. The molecule has 1 heterocycles. The van der Waals surface area contributed by atoms with Crippen LogP contribution in [0.15, 0.2) is 34.9 Å². The number of amides is 1. The van der Waals surface area contributed by atoms with Gasteiger partial charge in [0, 0.05) is 24.7 Å². The van der Waals surface area contributed by atoms with Crippen LogP contribution >= 0.6 is 0 Å². The molecule has 100 valence electrons. The highest BCUT2D eigenvalue weighted by Crippen LogP contribution is 2.09. The molecule has 1 aromatic carbocycles. The molecule has 0 unspecified atom stereocenters. The average molecular weight is 263 g/mol. The zero-order chi connectivity index (χ0) is 13.7. The van der Waals surface area contributed by atoms with Crippen LogP contribution in [0.2, 0.25) is 0 Å². The minimum Gasteiger partial charge on any atom is -0.367 e. The number of carbonyl (C=O) groups is 1. The van der Waals surface area contributed by atoms with Crippen molar-refractivity contribution in [2.75, 3.05) is 17.2 Å². The third kappa shape index (κ3) is 4.09. The normalized spacial score (nSPS) is 10.2. The van der Waals surface area contributed by atoms with E-state index < -0.39 is 0 Å². The van der Waals surface area contributed by atoms with Crippen LogP contribution in [0, 0.1) is 12.7 Å². The van der Waals surface area contributed by atoms with Gasteiger partial charge in [-0.1, -0.05) is 5.16 Å². The molecule has 2 aromatic rings. The Bertz CT molecular complexity index is 551. The van der Waals surface area contributed by atoms with Gasteiger partial charge in [0.2, 0.25) is 5.91 Å². The molecule has 0 aliphatic rings. The molecular formula is C13H14FN3O2. The van der Waals surface area contributed by atoms with Gasteiger partial charge in [0.25, 0.3) is 0 Å². The quantitative estimate of drug-likeness (QED) is 0.870. The number of hydrogen-bond acceptors (Lipinski definition) is 4. The molecule has 19 heavy (non-hydrogen) atoms. The summed E-state index contributed by atoms with van der Waals surface area (Å²) >= 11 is 0. The van der Waals surface area contributed by atoms with E-state index in [9.17, 15) is 9.18 Å². The second-order valence-electron chi connectivity index (χ2n) is 4.05. The van der Waals surface area contributed by atoms with E-state index in [2.05, 4.69) is 15.8 Å².